The van der Waals surface area contributed by atoms with E-state index in [0.717, 1.165) is 32.7 Å². The first kappa shape index (κ1) is 11.0. The Bertz CT molecular complexity index is 361. The molecule has 86 valence electrons. The minimum absolute atomic E-state index is 0.437. The Kier molecular flexibility index (Phi) is 3.46. The zero-order valence-electron chi connectivity index (χ0n) is 9.46. The van der Waals surface area contributed by atoms with Crippen molar-refractivity contribution < 1.29 is 0 Å². The Morgan fingerprint density at radius 1 is 1.38 bits per heavy atom. The van der Waals surface area contributed by atoms with Crippen LogP contribution in [0.15, 0.2) is 23.5 Å². The SMILES string of the molecule is CCN1CCN(c2ncccc2N=O)CC1. The van der Waals surface area contributed by atoms with E-state index in [1.54, 1.807) is 18.3 Å². The van der Waals surface area contributed by atoms with Crippen LogP contribution in [0, 0.1) is 4.91 Å². The summed E-state index contributed by atoms with van der Waals surface area (Å²) in [5, 5.41) is 3.02. The summed E-state index contributed by atoms with van der Waals surface area (Å²) in [4.78, 5) is 19.4. The monoisotopic (exact) mass is 220 g/mol. The van der Waals surface area contributed by atoms with Gasteiger partial charge in [0.1, 0.15) is 5.69 Å². The van der Waals surface area contributed by atoms with Crippen LogP contribution in [0.4, 0.5) is 11.5 Å². The van der Waals surface area contributed by atoms with Gasteiger partial charge in [-0.05, 0) is 23.9 Å². The first-order chi connectivity index (χ1) is 7.85. The molecule has 1 aliphatic rings. The van der Waals surface area contributed by atoms with Crippen LogP contribution >= 0.6 is 0 Å². The van der Waals surface area contributed by atoms with Crippen molar-refractivity contribution in [2.24, 2.45) is 5.18 Å². The van der Waals surface area contributed by atoms with Gasteiger partial charge in [0.05, 0.1) is 0 Å². The number of anilines is 1. The van der Waals surface area contributed by atoms with Crippen LogP contribution in [-0.4, -0.2) is 42.6 Å². The minimum Gasteiger partial charge on any atom is -0.352 e. The molecular weight excluding hydrogens is 204 g/mol. The Morgan fingerprint density at radius 3 is 2.75 bits per heavy atom. The third-order valence-corrected chi connectivity index (χ3v) is 2.98. The average molecular weight is 220 g/mol. The molecule has 2 heterocycles. The number of rotatable bonds is 3. The number of piperazine rings is 1. The number of hydrogen-bond donors (Lipinski definition) is 0. The first-order valence-electron chi connectivity index (χ1n) is 5.61. The molecule has 1 aromatic heterocycles. The fourth-order valence-electron chi connectivity index (χ4n) is 1.98. The van der Waals surface area contributed by atoms with Crippen LogP contribution in [0.25, 0.3) is 0 Å². The molecule has 0 unspecified atom stereocenters. The average Bonchev–Trinajstić information content (AvgIpc) is 2.39. The van der Waals surface area contributed by atoms with Gasteiger partial charge >= 0.3 is 0 Å². The molecule has 1 aromatic rings. The highest BCUT2D eigenvalue weighted by Gasteiger charge is 2.19. The Labute approximate surface area is 95.0 Å². The third kappa shape index (κ3) is 2.19. The highest BCUT2D eigenvalue weighted by atomic mass is 16.3. The zero-order valence-corrected chi connectivity index (χ0v) is 9.46. The molecule has 5 nitrogen and oxygen atoms in total. The summed E-state index contributed by atoms with van der Waals surface area (Å²) in [7, 11) is 0. The fourth-order valence-corrected chi connectivity index (χ4v) is 1.98. The lowest BCUT2D eigenvalue weighted by atomic mass is 10.3. The Balaban J connectivity index is 2.10. The van der Waals surface area contributed by atoms with Crippen LogP contribution in [-0.2, 0) is 0 Å². The van der Waals surface area contributed by atoms with Gasteiger partial charge < -0.3 is 9.80 Å². The van der Waals surface area contributed by atoms with Crippen molar-refractivity contribution in [2.75, 3.05) is 37.6 Å². The number of nitrogens with zero attached hydrogens (tertiary/aromatic N) is 4. The minimum atomic E-state index is 0.437. The van der Waals surface area contributed by atoms with Gasteiger partial charge in [0.15, 0.2) is 5.82 Å². The molecule has 0 atom stereocenters. The summed E-state index contributed by atoms with van der Waals surface area (Å²) in [5.41, 5.74) is 0.437. The molecule has 0 amide bonds. The highest BCUT2D eigenvalue weighted by Crippen LogP contribution is 2.25. The molecule has 0 spiro atoms. The number of likely N-dealkylation sites (N-methyl/N-ethyl adjacent to an activating group) is 1. The van der Waals surface area contributed by atoms with E-state index in [9.17, 15) is 4.91 Å². The van der Waals surface area contributed by atoms with E-state index < -0.39 is 0 Å². The van der Waals surface area contributed by atoms with Crippen molar-refractivity contribution in [1.82, 2.24) is 9.88 Å². The maximum atomic E-state index is 10.7. The van der Waals surface area contributed by atoms with Crippen molar-refractivity contribution in [1.29, 1.82) is 0 Å². The molecule has 1 aliphatic heterocycles. The van der Waals surface area contributed by atoms with Gasteiger partial charge in [-0.15, -0.1) is 4.91 Å². The molecule has 0 saturated carbocycles. The second-order valence-corrected chi connectivity index (χ2v) is 3.86. The van der Waals surface area contributed by atoms with E-state index in [1.807, 2.05) is 0 Å². The van der Waals surface area contributed by atoms with Gasteiger partial charge in [-0.3, -0.25) is 0 Å². The van der Waals surface area contributed by atoms with E-state index in [4.69, 9.17) is 0 Å². The third-order valence-electron chi connectivity index (χ3n) is 2.98. The normalized spacial score (nSPS) is 17.4. The van der Waals surface area contributed by atoms with E-state index in [1.165, 1.54) is 0 Å². The van der Waals surface area contributed by atoms with Crippen molar-refractivity contribution >= 4 is 11.5 Å². The van der Waals surface area contributed by atoms with E-state index in [0.29, 0.717) is 11.5 Å². The standard InChI is InChI=1S/C11H16N4O/c1-2-14-6-8-15(9-7-14)11-10(13-16)4-3-5-12-11/h3-5H,2,6-9H2,1H3. The molecule has 0 aromatic carbocycles. The van der Waals surface area contributed by atoms with Crippen molar-refractivity contribution in [3.8, 4) is 0 Å². The summed E-state index contributed by atoms with van der Waals surface area (Å²) in [6.45, 7) is 7.10. The van der Waals surface area contributed by atoms with Gasteiger partial charge in [-0.1, -0.05) is 6.92 Å². The van der Waals surface area contributed by atoms with E-state index in [2.05, 4.69) is 26.9 Å². The van der Waals surface area contributed by atoms with Crippen LogP contribution in [0.5, 0.6) is 0 Å². The second-order valence-electron chi connectivity index (χ2n) is 3.86. The van der Waals surface area contributed by atoms with Gasteiger partial charge in [0.25, 0.3) is 0 Å². The van der Waals surface area contributed by atoms with Crippen LogP contribution in [0.2, 0.25) is 0 Å². The number of nitroso groups, excluding NO2 is 1. The second kappa shape index (κ2) is 5.03. The van der Waals surface area contributed by atoms with E-state index >= 15 is 0 Å². The summed E-state index contributed by atoms with van der Waals surface area (Å²) in [5.74, 6) is 0.716. The van der Waals surface area contributed by atoms with Crippen LogP contribution in [0.3, 0.4) is 0 Å². The Hall–Kier alpha value is -1.49. The maximum absolute atomic E-state index is 10.7. The quantitative estimate of drug-likeness (QED) is 0.726. The fraction of sp³-hybridized carbons (Fsp3) is 0.545. The lowest BCUT2D eigenvalue weighted by Gasteiger charge is -2.34. The predicted octanol–water partition coefficient (Wildman–Crippen LogP) is 1.62. The van der Waals surface area contributed by atoms with Crippen LogP contribution in [0.1, 0.15) is 6.92 Å². The Morgan fingerprint density at radius 2 is 2.12 bits per heavy atom. The molecule has 16 heavy (non-hydrogen) atoms. The van der Waals surface area contributed by atoms with Gasteiger partial charge in [-0.2, -0.15) is 0 Å². The number of aromatic nitrogens is 1. The summed E-state index contributed by atoms with van der Waals surface area (Å²) in [6, 6.07) is 3.45. The number of pyridine rings is 1. The van der Waals surface area contributed by atoms with Gasteiger partial charge in [0.2, 0.25) is 0 Å². The smallest absolute Gasteiger partial charge is 0.158 e. The highest BCUT2D eigenvalue weighted by molar-refractivity contribution is 5.61. The molecule has 0 N–H and O–H groups in total. The van der Waals surface area contributed by atoms with Crippen molar-refractivity contribution in [2.45, 2.75) is 6.92 Å². The summed E-state index contributed by atoms with van der Waals surface area (Å²) < 4.78 is 0. The molecular formula is C11H16N4O. The molecule has 1 fully saturated rings. The van der Waals surface area contributed by atoms with Gasteiger partial charge in [-0.25, -0.2) is 4.98 Å². The largest absolute Gasteiger partial charge is 0.352 e. The van der Waals surface area contributed by atoms with Crippen molar-refractivity contribution in [3.05, 3.63) is 23.2 Å². The molecule has 0 radical (unpaired) electrons. The summed E-state index contributed by atoms with van der Waals surface area (Å²) in [6.07, 6.45) is 1.70. The first-order valence-corrected chi connectivity index (χ1v) is 5.61. The topological polar surface area (TPSA) is 48.8 Å². The van der Waals surface area contributed by atoms with E-state index in [-0.39, 0.29) is 0 Å². The number of hydrogen-bond acceptors (Lipinski definition) is 5. The molecule has 0 bridgehead atoms. The maximum Gasteiger partial charge on any atom is 0.158 e. The molecule has 5 heteroatoms. The zero-order chi connectivity index (χ0) is 11.4. The molecule has 2 rings (SSSR count). The van der Waals surface area contributed by atoms with Crippen molar-refractivity contribution in [3.63, 3.8) is 0 Å². The summed E-state index contributed by atoms with van der Waals surface area (Å²) >= 11 is 0. The lowest BCUT2D eigenvalue weighted by molar-refractivity contribution is 0.270. The lowest BCUT2D eigenvalue weighted by Crippen LogP contribution is -2.46. The van der Waals surface area contributed by atoms with Gasteiger partial charge in [0, 0.05) is 32.4 Å². The molecule has 1 saturated heterocycles. The molecule has 0 aliphatic carbocycles. The van der Waals surface area contributed by atoms with Crippen LogP contribution < -0.4 is 4.90 Å². The predicted molar refractivity (Wildman–Crippen MR) is 64.0 cm³/mol.